The maximum atomic E-state index is 12.7. The molecule has 0 bridgehead atoms. The van der Waals surface area contributed by atoms with Gasteiger partial charge < -0.3 is 0 Å². The van der Waals surface area contributed by atoms with Crippen molar-refractivity contribution in [3.8, 4) is 0 Å². The quantitative estimate of drug-likeness (QED) is 0.675. The third-order valence-electron chi connectivity index (χ3n) is 1.70. The number of unbranched alkanes of at least 4 members (excludes halogenated alkanes) is 1. The molecule has 0 atom stereocenters. The number of hydrogen-bond donors (Lipinski definition) is 0. The summed E-state index contributed by atoms with van der Waals surface area (Å²) in [7, 11) is 0. The topological polar surface area (TPSA) is 0 Å². The summed E-state index contributed by atoms with van der Waals surface area (Å²) in [6.07, 6.45) is 2.61. The largest absolute Gasteiger partial charge is 0.207 e. The van der Waals surface area contributed by atoms with Gasteiger partial charge in [-0.15, -0.1) is 0 Å². The molecule has 0 aliphatic rings. The van der Waals surface area contributed by atoms with Gasteiger partial charge >= 0.3 is 0 Å². The molecule has 0 N–H and O–H groups in total. The molecule has 1 radical (unpaired) electrons. The maximum absolute atomic E-state index is 12.7. The Bertz CT molecular complexity index is 258. The molecule has 0 amide bonds. The smallest absolute Gasteiger partial charge is 0.123 e. The number of halogens is 2. The van der Waals surface area contributed by atoms with Crippen LogP contribution in [0.5, 0.6) is 0 Å². The Labute approximate surface area is 77.4 Å². The molecule has 0 saturated carbocycles. The molecule has 0 heterocycles. The Morgan fingerprint density at radius 3 is 2.83 bits per heavy atom. The van der Waals surface area contributed by atoms with Crippen molar-refractivity contribution in [1.82, 2.24) is 0 Å². The number of hydrogen-bond acceptors (Lipinski definition) is 0. The van der Waals surface area contributed by atoms with Crippen molar-refractivity contribution in [3.63, 3.8) is 0 Å². The summed E-state index contributed by atoms with van der Waals surface area (Å²) in [6.45, 7) is 3.72. The summed E-state index contributed by atoms with van der Waals surface area (Å²) < 4.78 is 12.7. The minimum atomic E-state index is -0.224. The molecule has 0 unspecified atom stereocenters. The standard InChI is InChI=1S/C10H11ClF/c1-2-3-4-8-7-9(12)5-6-10(8)11/h5-7H,1-4H2. The number of benzene rings is 1. The second kappa shape index (κ2) is 4.46. The van der Waals surface area contributed by atoms with E-state index in [4.69, 9.17) is 11.6 Å². The van der Waals surface area contributed by atoms with Crippen molar-refractivity contribution in [2.75, 3.05) is 0 Å². The van der Waals surface area contributed by atoms with Crippen molar-refractivity contribution >= 4 is 11.6 Å². The van der Waals surface area contributed by atoms with Crippen molar-refractivity contribution in [1.29, 1.82) is 0 Å². The first-order valence-corrected chi connectivity index (χ1v) is 4.35. The summed E-state index contributed by atoms with van der Waals surface area (Å²) in [4.78, 5) is 0. The lowest BCUT2D eigenvalue weighted by atomic mass is 10.1. The Morgan fingerprint density at radius 2 is 2.17 bits per heavy atom. The van der Waals surface area contributed by atoms with Crippen LogP contribution in [0, 0.1) is 12.7 Å². The van der Waals surface area contributed by atoms with Crippen LogP contribution in [0.25, 0.3) is 0 Å². The average molecular weight is 186 g/mol. The summed E-state index contributed by atoms with van der Waals surface area (Å²) in [5, 5.41) is 0.643. The summed E-state index contributed by atoms with van der Waals surface area (Å²) in [6, 6.07) is 4.45. The minimum Gasteiger partial charge on any atom is -0.207 e. The van der Waals surface area contributed by atoms with E-state index in [1.807, 2.05) is 0 Å². The fourth-order valence-corrected chi connectivity index (χ4v) is 1.26. The molecule has 0 aliphatic carbocycles. The predicted octanol–water partition coefficient (Wildman–Crippen LogP) is 3.64. The predicted molar refractivity (Wildman–Crippen MR) is 49.7 cm³/mol. The highest BCUT2D eigenvalue weighted by molar-refractivity contribution is 6.31. The first kappa shape index (κ1) is 9.53. The van der Waals surface area contributed by atoms with Crippen molar-refractivity contribution < 1.29 is 4.39 Å². The fraction of sp³-hybridized carbons (Fsp3) is 0.300. The third-order valence-corrected chi connectivity index (χ3v) is 2.07. The fourth-order valence-electron chi connectivity index (χ4n) is 1.05. The van der Waals surface area contributed by atoms with E-state index >= 15 is 0 Å². The van der Waals surface area contributed by atoms with Crippen LogP contribution in [0.15, 0.2) is 18.2 Å². The molecule has 1 aromatic carbocycles. The van der Waals surface area contributed by atoms with E-state index in [1.54, 1.807) is 6.07 Å². The van der Waals surface area contributed by atoms with Gasteiger partial charge in [0, 0.05) is 5.02 Å². The van der Waals surface area contributed by atoms with Gasteiger partial charge in [0.25, 0.3) is 0 Å². The molecule has 2 heteroatoms. The Kier molecular flexibility index (Phi) is 3.54. The monoisotopic (exact) mass is 185 g/mol. The second-order valence-electron chi connectivity index (χ2n) is 2.69. The van der Waals surface area contributed by atoms with Gasteiger partial charge in [0.1, 0.15) is 5.82 Å². The molecule has 0 aromatic heterocycles. The van der Waals surface area contributed by atoms with Gasteiger partial charge in [-0.3, -0.25) is 0 Å². The molecule has 1 rings (SSSR count). The van der Waals surface area contributed by atoms with Crippen molar-refractivity contribution in [2.45, 2.75) is 19.3 Å². The summed E-state index contributed by atoms with van der Waals surface area (Å²) in [5.41, 5.74) is 0.875. The Morgan fingerprint density at radius 1 is 1.42 bits per heavy atom. The van der Waals surface area contributed by atoms with Crippen LogP contribution in [-0.2, 0) is 6.42 Å². The number of rotatable bonds is 3. The Balaban J connectivity index is 2.75. The molecule has 12 heavy (non-hydrogen) atoms. The van der Waals surface area contributed by atoms with Crippen LogP contribution >= 0.6 is 11.6 Å². The molecule has 65 valence electrons. The van der Waals surface area contributed by atoms with Crippen LogP contribution in [-0.4, -0.2) is 0 Å². The van der Waals surface area contributed by atoms with E-state index in [2.05, 4.69) is 6.92 Å². The lowest BCUT2D eigenvalue weighted by Gasteiger charge is -2.02. The van der Waals surface area contributed by atoms with Gasteiger partial charge in [0.15, 0.2) is 0 Å². The first-order chi connectivity index (χ1) is 5.74. The molecular weight excluding hydrogens is 175 g/mol. The molecule has 0 aliphatic heterocycles. The number of aryl methyl sites for hydroxylation is 1. The zero-order valence-corrected chi connectivity index (χ0v) is 7.57. The molecule has 0 saturated heterocycles. The average Bonchev–Trinajstić information content (AvgIpc) is 2.07. The lowest BCUT2D eigenvalue weighted by Crippen LogP contribution is -1.87. The Hall–Kier alpha value is -0.560. The van der Waals surface area contributed by atoms with Crippen LogP contribution in [0.1, 0.15) is 18.4 Å². The summed E-state index contributed by atoms with van der Waals surface area (Å²) in [5.74, 6) is -0.224. The van der Waals surface area contributed by atoms with E-state index in [0.29, 0.717) is 5.02 Å². The van der Waals surface area contributed by atoms with E-state index in [0.717, 1.165) is 24.8 Å². The van der Waals surface area contributed by atoms with E-state index < -0.39 is 0 Å². The van der Waals surface area contributed by atoms with Crippen molar-refractivity contribution in [2.24, 2.45) is 0 Å². The normalized spacial score (nSPS) is 10.2. The van der Waals surface area contributed by atoms with Crippen LogP contribution in [0.3, 0.4) is 0 Å². The zero-order valence-electron chi connectivity index (χ0n) is 6.82. The minimum absolute atomic E-state index is 0.224. The van der Waals surface area contributed by atoms with Gasteiger partial charge in [-0.1, -0.05) is 24.9 Å². The van der Waals surface area contributed by atoms with Crippen LogP contribution in [0.2, 0.25) is 5.02 Å². The van der Waals surface area contributed by atoms with Gasteiger partial charge in [-0.25, -0.2) is 4.39 Å². The van der Waals surface area contributed by atoms with Gasteiger partial charge in [-0.05, 0) is 36.6 Å². The van der Waals surface area contributed by atoms with Crippen molar-refractivity contribution in [3.05, 3.63) is 41.5 Å². The molecule has 1 aromatic rings. The zero-order chi connectivity index (χ0) is 8.97. The molecular formula is C10H11ClF. The van der Waals surface area contributed by atoms with Crippen LogP contribution in [0.4, 0.5) is 4.39 Å². The highest BCUT2D eigenvalue weighted by Crippen LogP contribution is 2.18. The SMILES string of the molecule is [CH2]CCCc1cc(F)ccc1Cl. The van der Waals surface area contributed by atoms with Gasteiger partial charge in [-0.2, -0.15) is 0 Å². The highest BCUT2D eigenvalue weighted by atomic mass is 35.5. The highest BCUT2D eigenvalue weighted by Gasteiger charge is 2.00. The molecule has 0 fully saturated rings. The van der Waals surface area contributed by atoms with Gasteiger partial charge in [0.2, 0.25) is 0 Å². The van der Waals surface area contributed by atoms with E-state index in [-0.39, 0.29) is 5.82 Å². The van der Waals surface area contributed by atoms with Crippen LogP contribution < -0.4 is 0 Å². The maximum Gasteiger partial charge on any atom is 0.123 e. The lowest BCUT2D eigenvalue weighted by molar-refractivity contribution is 0.624. The second-order valence-corrected chi connectivity index (χ2v) is 3.10. The first-order valence-electron chi connectivity index (χ1n) is 3.97. The van der Waals surface area contributed by atoms with E-state index in [9.17, 15) is 4.39 Å². The van der Waals surface area contributed by atoms with Gasteiger partial charge in [0.05, 0.1) is 0 Å². The molecule has 0 nitrogen and oxygen atoms in total. The summed E-state index contributed by atoms with van der Waals surface area (Å²) >= 11 is 5.84. The third kappa shape index (κ3) is 2.49. The van der Waals surface area contributed by atoms with E-state index in [1.165, 1.54) is 12.1 Å². The molecule has 0 spiro atoms.